The van der Waals surface area contributed by atoms with E-state index in [1.165, 1.54) is 71.6 Å². The monoisotopic (exact) mass is 548 g/mol. The van der Waals surface area contributed by atoms with E-state index in [1.54, 1.807) is 0 Å². The van der Waals surface area contributed by atoms with Gasteiger partial charge in [-0.1, -0.05) is 139 Å². The van der Waals surface area contributed by atoms with E-state index < -0.39 is 0 Å². The van der Waals surface area contributed by atoms with Crippen LogP contribution in [0.15, 0.2) is 140 Å². The van der Waals surface area contributed by atoms with E-state index in [9.17, 15) is 0 Å². The third-order valence-corrected chi connectivity index (χ3v) is 8.36. The largest absolute Gasteiger partial charge is 0.0622 e. The second-order valence-corrected chi connectivity index (χ2v) is 11.4. The molecule has 0 aliphatic rings. The van der Waals surface area contributed by atoms with Gasteiger partial charge < -0.3 is 0 Å². The Bertz CT molecular complexity index is 2050. The van der Waals surface area contributed by atoms with Gasteiger partial charge in [0.05, 0.1) is 0 Å². The van der Waals surface area contributed by atoms with Gasteiger partial charge in [-0.15, -0.1) is 0 Å². The van der Waals surface area contributed by atoms with Crippen molar-refractivity contribution in [3.8, 4) is 45.2 Å². The van der Waals surface area contributed by atoms with Crippen molar-refractivity contribution in [3.05, 3.63) is 167 Å². The lowest BCUT2D eigenvalue weighted by Gasteiger charge is -2.17. The first-order chi connectivity index (χ1) is 21.1. The van der Waals surface area contributed by atoms with Crippen LogP contribution in [0.2, 0.25) is 0 Å². The lowest BCUT2D eigenvalue weighted by molar-refractivity contribution is 1.30. The molecule has 0 heterocycles. The highest BCUT2D eigenvalue weighted by Crippen LogP contribution is 2.42. The molecule has 0 spiro atoms. The van der Waals surface area contributed by atoms with Crippen molar-refractivity contribution in [3.63, 3.8) is 0 Å². The van der Waals surface area contributed by atoms with Crippen molar-refractivity contribution in [2.45, 2.75) is 20.8 Å². The molecule has 204 valence electrons. The average Bonchev–Trinajstić information content (AvgIpc) is 3.04. The molecule has 0 heteroatoms. The van der Waals surface area contributed by atoms with Crippen LogP contribution in [-0.4, -0.2) is 0 Å². The quantitative estimate of drug-likeness (QED) is 0.152. The summed E-state index contributed by atoms with van der Waals surface area (Å²) in [5.41, 5.74) is 13.2. The minimum absolute atomic E-state index is 1.08. The van der Waals surface area contributed by atoms with E-state index in [2.05, 4.69) is 172 Å². The van der Waals surface area contributed by atoms with E-state index in [1.807, 2.05) is 0 Å². The molecular formula is C43H32. The van der Waals surface area contributed by atoms with Crippen molar-refractivity contribution < 1.29 is 0 Å². The van der Waals surface area contributed by atoms with Gasteiger partial charge in [0.2, 0.25) is 0 Å². The molecule has 0 bridgehead atoms. The predicted molar refractivity (Wildman–Crippen MR) is 184 cm³/mol. The van der Waals surface area contributed by atoms with Crippen molar-refractivity contribution in [1.82, 2.24) is 0 Å². The van der Waals surface area contributed by atoms with Crippen LogP contribution >= 0.6 is 0 Å². The highest BCUT2D eigenvalue weighted by atomic mass is 14.2. The van der Waals surface area contributed by atoms with Crippen LogP contribution in [0.4, 0.5) is 0 Å². The average molecular weight is 549 g/mol. The summed E-state index contributed by atoms with van der Waals surface area (Å²) in [4.78, 5) is 0. The maximum Gasteiger partial charge on any atom is 0.0406 e. The maximum atomic E-state index is 3.65. The topological polar surface area (TPSA) is 0 Å². The van der Waals surface area contributed by atoms with Gasteiger partial charge in [-0.2, -0.15) is 0 Å². The van der Waals surface area contributed by atoms with Gasteiger partial charge in [0, 0.05) is 11.1 Å². The molecule has 0 saturated heterocycles. The molecular weight excluding hydrogens is 516 g/mol. The molecule has 7 aromatic carbocycles. The van der Waals surface area contributed by atoms with E-state index in [0.29, 0.717) is 0 Å². The molecule has 0 aromatic heterocycles. The first-order valence-electron chi connectivity index (χ1n) is 14.9. The first-order valence-corrected chi connectivity index (χ1v) is 14.9. The van der Waals surface area contributed by atoms with Crippen molar-refractivity contribution in [2.75, 3.05) is 0 Å². The second kappa shape index (κ2) is 11.1. The number of aryl methyl sites for hydroxylation is 3. The van der Waals surface area contributed by atoms with E-state index in [-0.39, 0.29) is 0 Å². The summed E-state index contributed by atoms with van der Waals surface area (Å²) in [5, 5.41) is 4.79. The summed E-state index contributed by atoms with van der Waals surface area (Å²) in [7, 11) is 0. The van der Waals surface area contributed by atoms with Crippen LogP contribution in [-0.2, 0) is 0 Å². The van der Waals surface area contributed by atoms with Gasteiger partial charge in [0.15, 0.2) is 0 Å². The zero-order chi connectivity index (χ0) is 29.3. The predicted octanol–water partition coefficient (Wildman–Crippen LogP) is 11.3. The Balaban J connectivity index is 1.53. The molecule has 0 atom stereocenters. The molecule has 0 radical (unpaired) electrons. The van der Waals surface area contributed by atoms with E-state index >= 15 is 0 Å². The molecule has 7 rings (SSSR count). The molecule has 0 N–H and O–H groups in total. The van der Waals surface area contributed by atoms with E-state index in [4.69, 9.17) is 0 Å². The number of hydrogen-bond donors (Lipinski definition) is 0. The van der Waals surface area contributed by atoms with Crippen molar-refractivity contribution in [1.29, 1.82) is 0 Å². The third kappa shape index (κ3) is 5.01. The zero-order valence-corrected chi connectivity index (χ0v) is 24.8. The van der Waals surface area contributed by atoms with Crippen LogP contribution in [0.25, 0.3) is 54.9 Å². The molecule has 0 amide bonds. The smallest absolute Gasteiger partial charge is 0.0406 e. The SMILES string of the molecule is Cc1cc(C)c(C#Cc2c3ccccc3c(-c3cc(-c4ccccc4)cc(-c4ccccc4)c3)c3ccccc23)c(C)c1. The fraction of sp³-hybridized carbons (Fsp3) is 0.0698. The molecule has 43 heavy (non-hydrogen) atoms. The summed E-state index contributed by atoms with van der Waals surface area (Å²) in [6.07, 6.45) is 0. The Morgan fingerprint density at radius 2 is 0.744 bits per heavy atom. The van der Waals surface area contributed by atoms with Gasteiger partial charge >= 0.3 is 0 Å². The standard InChI is InChI=1S/C43H32/c1-29-24-30(2)37(31(3)25-29)22-23-40-38-18-10-12-20-41(38)43(42-21-13-11-19-39(40)42)36-27-34(32-14-6-4-7-15-32)26-35(28-36)33-16-8-5-9-17-33/h4-21,24-28H,1-3H3. The number of hydrogen-bond acceptors (Lipinski definition) is 0. The van der Waals surface area contributed by atoms with Crippen LogP contribution in [0.3, 0.4) is 0 Å². The van der Waals surface area contributed by atoms with Crippen molar-refractivity contribution >= 4 is 21.5 Å². The van der Waals surface area contributed by atoms with Crippen LogP contribution in [0, 0.1) is 32.6 Å². The summed E-state index contributed by atoms with van der Waals surface area (Å²) in [6, 6.07) is 50.3. The highest BCUT2D eigenvalue weighted by molar-refractivity contribution is 6.16. The Morgan fingerprint density at radius 1 is 0.349 bits per heavy atom. The lowest BCUT2D eigenvalue weighted by atomic mass is 9.86. The first kappa shape index (κ1) is 26.5. The van der Waals surface area contributed by atoms with Crippen molar-refractivity contribution in [2.24, 2.45) is 0 Å². The van der Waals surface area contributed by atoms with Gasteiger partial charge in [-0.05, 0) is 105 Å². The molecule has 0 nitrogen and oxygen atoms in total. The Labute approximate surface area is 254 Å². The second-order valence-electron chi connectivity index (χ2n) is 11.4. The zero-order valence-electron chi connectivity index (χ0n) is 24.8. The molecule has 7 aromatic rings. The molecule has 0 unspecified atom stereocenters. The highest BCUT2D eigenvalue weighted by Gasteiger charge is 2.16. The van der Waals surface area contributed by atoms with Crippen LogP contribution < -0.4 is 0 Å². The van der Waals surface area contributed by atoms with Gasteiger partial charge in [0.1, 0.15) is 0 Å². The number of fused-ring (bicyclic) bond motifs is 2. The fourth-order valence-electron chi connectivity index (χ4n) is 6.44. The minimum atomic E-state index is 1.08. The van der Waals surface area contributed by atoms with Crippen LogP contribution in [0.1, 0.15) is 27.8 Å². The minimum Gasteiger partial charge on any atom is -0.0622 e. The third-order valence-electron chi connectivity index (χ3n) is 8.36. The molecule has 0 aliphatic carbocycles. The summed E-state index contributed by atoms with van der Waals surface area (Å²) < 4.78 is 0. The number of benzene rings is 7. The molecule has 0 fully saturated rings. The normalized spacial score (nSPS) is 11.0. The maximum absolute atomic E-state index is 3.65. The summed E-state index contributed by atoms with van der Waals surface area (Å²) >= 11 is 0. The van der Waals surface area contributed by atoms with Gasteiger partial charge in [-0.25, -0.2) is 0 Å². The lowest BCUT2D eigenvalue weighted by Crippen LogP contribution is -1.93. The van der Waals surface area contributed by atoms with E-state index in [0.717, 1.165) is 11.1 Å². The Hall–Kier alpha value is -5.38. The summed E-state index contributed by atoms with van der Waals surface area (Å²) in [6.45, 7) is 6.47. The Kier molecular flexibility index (Phi) is 6.86. The molecule has 0 aliphatic heterocycles. The van der Waals surface area contributed by atoms with Crippen LogP contribution in [0.5, 0.6) is 0 Å². The van der Waals surface area contributed by atoms with Gasteiger partial charge in [-0.3, -0.25) is 0 Å². The number of rotatable bonds is 3. The van der Waals surface area contributed by atoms with Gasteiger partial charge in [0.25, 0.3) is 0 Å². The summed E-state index contributed by atoms with van der Waals surface area (Å²) in [5.74, 6) is 7.23. The Morgan fingerprint density at radius 3 is 1.23 bits per heavy atom. The fourth-order valence-corrected chi connectivity index (χ4v) is 6.44. The molecule has 0 saturated carbocycles.